The Bertz CT molecular complexity index is 1240. The monoisotopic (exact) mass is 432 g/mol. The van der Waals surface area contributed by atoms with Crippen LogP contribution in [0.5, 0.6) is 5.75 Å². The van der Waals surface area contributed by atoms with Crippen LogP contribution < -0.4 is 9.54 Å². The van der Waals surface area contributed by atoms with Gasteiger partial charge in [0.1, 0.15) is 11.3 Å². The van der Waals surface area contributed by atoms with Crippen molar-refractivity contribution >= 4 is 27.5 Å². The largest absolute Gasteiger partial charge is 0.495 e. The summed E-state index contributed by atoms with van der Waals surface area (Å²) in [5, 5.41) is 0. The van der Waals surface area contributed by atoms with Crippen LogP contribution in [0, 0.1) is 0 Å². The zero-order chi connectivity index (χ0) is 21.6. The first-order valence-electron chi connectivity index (χ1n) is 10.1. The molecular formula is C25H24N2O3S. The Hall–Kier alpha value is -3.22. The second kappa shape index (κ2) is 9.73. The molecule has 1 aromatic heterocycles. The molecule has 4 aromatic rings. The zero-order valence-electron chi connectivity index (χ0n) is 17.6. The molecule has 1 heterocycles. The maximum absolute atomic E-state index is 12.9. The summed E-state index contributed by atoms with van der Waals surface area (Å²) in [5.41, 5.74) is 3.89. The third-order valence-electron chi connectivity index (χ3n) is 5.05. The van der Waals surface area contributed by atoms with E-state index in [4.69, 9.17) is 9.47 Å². The molecular weight excluding hydrogens is 408 g/mol. The third-order valence-corrected chi connectivity index (χ3v) is 6.10. The number of amides is 1. The lowest BCUT2D eigenvalue weighted by Crippen LogP contribution is -2.19. The van der Waals surface area contributed by atoms with Crippen molar-refractivity contribution in [3.63, 3.8) is 0 Å². The van der Waals surface area contributed by atoms with Crippen molar-refractivity contribution in [2.24, 2.45) is 4.99 Å². The molecule has 6 heteroatoms. The van der Waals surface area contributed by atoms with Crippen LogP contribution in [0.1, 0.15) is 21.5 Å². The van der Waals surface area contributed by atoms with Crippen molar-refractivity contribution in [2.45, 2.75) is 13.0 Å². The molecule has 4 rings (SSSR count). The number of hydrogen-bond donors (Lipinski definition) is 0. The first-order valence-corrected chi connectivity index (χ1v) is 10.9. The fraction of sp³-hybridized carbons (Fsp3) is 0.200. The van der Waals surface area contributed by atoms with Gasteiger partial charge in [-0.2, -0.15) is 4.99 Å². The van der Waals surface area contributed by atoms with Gasteiger partial charge >= 0.3 is 0 Å². The van der Waals surface area contributed by atoms with E-state index in [9.17, 15) is 4.79 Å². The van der Waals surface area contributed by atoms with Gasteiger partial charge in [0, 0.05) is 19.2 Å². The number of nitrogens with zero attached hydrogens (tertiary/aromatic N) is 2. The van der Waals surface area contributed by atoms with Crippen molar-refractivity contribution in [1.29, 1.82) is 0 Å². The van der Waals surface area contributed by atoms with E-state index in [0.717, 1.165) is 28.0 Å². The van der Waals surface area contributed by atoms with Crippen molar-refractivity contribution in [3.8, 4) is 5.75 Å². The molecule has 1 amide bonds. The Labute approximate surface area is 185 Å². The van der Waals surface area contributed by atoms with Crippen LogP contribution in [-0.2, 0) is 17.7 Å². The van der Waals surface area contributed by atoms with Gasteiger partial charge in [-0.15, -0.1) is 0 Å². The fourth-order valence-corrected chi connectivity index (χ4v) is 4.56. The molecule has 0 radical (unpaired) electrons. The summed E-state index contributed by atoms with van der Waals surface area (Å²) < 4.78 is 13.8. The molecule has 3 aromatic carbocycles. The highest BCUT2D eigenvalue weighted by Gasteiger charge is 2.13. The van der Waals surface area contributed by atoms with Gasteiger partial charge in [-0.3, -0.25) is 4.79 Å². The number of methoxy groups -OCH3 is 2. The lowest BCUT2D eigenvalue weighted by Gasteiger charge is -2.08. The maximum atomic E-state index is 12.9. The molecule has 0 unspecified atom stereocenters. The average molecular weight is 433 g/mol. The number of benzene rings is 3. The Morgan fingerprint density at radius 2 is 1.68 bits per heavy atom. The number of ether oxygens (including phenoxy) is 2. The number of aromatic nitrogens is 1. The normalized spacial score (nSPS) is 11.7. The molecule has 0 atom stereocenters. The predicted octanol–water partition coefficient (Wildman–Crippen LogP) is 4.69. The van der Waals surface area contributed by atoms with Gasteiger partial charge in [-0.1, -0.05) is 59.9 Å². The van der Waals surface area contributed by atoms with E-state index in [0.29, 0.717) is 23.5 Å². The molecule has 5 nitrogen and oxygen atoms in total. The Morgan fingerprint density at radius 1 is 0.935 bits per heavy atom. The summed E-state index contributed by atoms with van der Waals surface area (Å²) in [4.78, 5) is 18.0. The van der Waals surface area contributed by atoms with E-state index in [2.05, 4.69) is 17.1 Å². The number of para-hydroxylation sites is 1. The molecule has 0 N–H and O–H groups in total. The molecule has 158 valence electrons. The van der Waals surface area contributed by atoms with Crippen molar-refractivity contribution in [1.82, 2.24) is 4.57 Å². The SMILES string of the molecule is COCCn1c(=NC(=O)c2ccc(Cc3ccccc3)cc2)sc2cccc(OC)c21. The molecule has 0 spiro atoms. The number of thiazole rings is 1. The standard InChI is InChI=1S/C25H24N2O3S/c1-29-16-15-27-23-21(30-2)9-6-10-22(23)31-25(27)26-24(28)20-13-11-19(12-14-20)17-18-7-4-3-5-8-18/h3-14H,15-17H2,1-2H3. The van der Waals surface area contributed by atoms with Gasteiger partial charge in [0.2, 0.25) is 0 Å². The van der Waals surface area contributed by atoms with Gasteiger partial charge in [0.05, 0.1) is 18.4 Å². The van der Waals surface area contributed by atoms with E-state index < -0.39 is 0 Å². The number of rotatable bonds is 7. The van der Waals surface area contributed by atoms with Crippen molar-refractivity contribution in [3.05, 3.63) is 94.3 Å². The second-order valence-electron chi connectivity index (χ2n) is 7.11. The highest BCUT2D eigenvalue weighted by atomic mass is 32.1. The van der Waals surface area contributed by atoms with Gasteiger partial charge in [0.25, 0.3) is 5.91 Å². The smallest absolute Gasteiger partial charge is 0.279 e. The van der Waals surface area contributed by atoms with Crippen LogP contribution >= 0.6 is 11.3 Å². The van der Waals surface area contributed by atoms with Gasteiger partial charge in [-0.05, 0) is 41.8 Å². The van der Waals surface area contributed by atoms with Crippen molar-refractivity contribution in [2.75, 3.05) is 20.8 Å². The van der Waals surface area contributed by atoms with E-state index in [1.807, 2.05) is 65.2 Å². The maximum Gasteiger partial charge on any atom is 0.279 e. The molecule has 0 aliphatic carbocycles. The van der Waals surface area contributed by atoms with Gasteiger partial charge in [-0.25, -0.2) is 0 Å². The molecule has 31 heavy (non-hydrogen) atoms. The highest BCUT2D eigenvalue weighted by Crippen LogP contribution is 2.27. The Morgan fingerprint density at radius 3 is 2.39 bits per heavy atom. The first kappa shape index (κ1) is 21.0. The molecule has 0 saturated heterocycles. The number of carbonyl (C=O) groups excluding carboxylic acids is 1. The van der Waals surface area contributed by atoms with Crippen LogP contribution in [0.25, 0.3) is 10.2 Å². The third kappa shape index (κ3) is 4.76. The van der Waals surface area contributed by atoms with Crippen LogP contribution in [0.15, 0.2) is 77.8 Å². The molecule has 0 aliphatic heterocycles. The highest BCUT2D eigenvalue weighted by molar-refractivity contribution is 7.16. The summed E-state index contributed by atoms with van der Waals surface area (Å²) in [7, 11) is 3.30. The summed E-state index contributed by atoms with van der Waals surface area (Å²) in [5.74, 6) is 0.493. The lowest BCUT2D eigenvalue weighted by atomic mass is 10.0. The van der Waals surface area contributed by atoms with E-state index in [1.54, 1.807) is 14.2 Å². The summed E-state index contributed by atoms with van der Waals surface area (Å²) >= 11 is 1.47. The van der Waals surface area contributed by atoms with E-state index in [1.165, 1.54) is 16.9 Å². The van der Waals surface area contributed by atoms with Crippen LogP contribution in [0.2, 0.25) is 0 Å². The summed E-state index contributed by atoms with van der Waals surface area (Å²) in [6, 6.07) is 23.8. The minimum absolute atomic E-state index is 0.261. The molecule has 0 fully saturated rings. The first-order chi connectivity index (χ1) is 15.2. The van der Waals surface area contributed by atoms with Crippen LogP contribution in [0.3, 0.4) is 0 Å². The summed E-state index contributed by atoms with van der Waals surface area (Å²) in [6.07, 6.45) is 0.833. The van der Waals surface area contributed by atoms with E-state index >= 15 is 0 Å². The fourth-order valence-electron chi connectivity index (χ4n) is 3.49. The molecule has 0 saturated carbocycles. The Balaban J connectivity index is 1.65. The molecule has 0 aliphatic rings. The van der Waals surface area contributed by atoms with Crippen LogP contribution in [0.4, 0.5) is 0 Å². The number of carbonyl (C=O) groups is 1. The average Bonchev–Trinajstić information content (AvgIpc) is 3.15. The quantitative estimate of drug-likeness (QED) is 0.426. The zero-order valence-corrected chi connectivity index (χ0v) is 18.4. The minimum atomic E-state index is -0.261. The van der Waals surface area contributed by atoms with E-state index in [-0.39, 0.29) is 5.91 Å². The molecule has 0 bridgehead atoms. The van der Waals surface area contributed by atoms with Gasteiger partial charge < -0.3 is 14.0 Å². The minimum Gasteiger partial charge on any atom is -0.495 e. The number of hydrogen-bond acceptors (Lipinski definition) is 4. The number of fused-ring (bicyclic) bond motifs is 1. The second-order valence-corrected chi connectivity index (χ2v) is 8.12. The summed E-state index contributed by atoms with van der Waals surface area (Å²) in [6.45, 7) is 1.10. The predicted molar refractivity (Wildman–Crippen MR) is 124 cm³/mol. The topological polar surface area (TPSA) is 52.8 Å². The lowest BCUT2D eigenvalue weighted by molar-refractivity contribution is 0.0997. The Kier molecular flexibility index (Phi) is 6.60. The van der Waals surface area contributed by atoms with Crippen molar-refractivity contribution < 1.29 is 14.3 Å². The van der Waals surface area contributed by atoms with Crippen LogP contribution in [-0.4, -0.2) is 31.3 Å². The van der Waals surface area contributed by atoms with Gasteiger partial charge in [0.15, 0.2) is 4.80 Å².